The van der Waals surface area contributed by atoms with Crippen LogP contribution in [0.3, 0.4) is 0 Å². The van der Waals surface area contributed by atoms with Crippen molar-refractivity contribution in [1.82, 2.24) is 0 Å². The standard InChI is InChI=1S/C23H33NO5/c1-6-8-18(22(27)29-13-7-2)14-23(15-24,12-11-20(25)26)21-16(3)9-10-19(28-5)17(21)4/h9-10,18H,6-8,11-14H2,1-5H3,(H,25,26). The number of carbonyl (C=O) groups excluding carboxylic acids is 1. The lowest BCUT2D eigenvalue weighted by Crippen LogP contribution is -2.34. The number of hydrogen-bond acceptors (Lipinski definition) is 5. The summed E-state index contributed by atoms with van der Waals surface area (Å²) in [6, 6.07) is 6.11. The first-order chi connectivity index (χ1) is 13.8. The molecule has 0 bridgehead atoms. The van der Waals surface area contributed by atoms with Crippen LogP contribution in [0.4, 0.5) is 0 Å². The van der Waals surface area contributed by atoms with Gasteiger partial charge in [0, 0.05) is 6.42 Å². The zero-order valence-electron chi connectivity index (χ0n) is 18.2. The summed E-state index contributed by atoms with van der Waals surface area (Å²) in [5, 5.41) is 19.6. The van der Waals surface area contributed by atoms with Crippen LogP contribution in [0.2, 0.25) is 0 Å². The van der Waals surface area contributed by atoms with Gasteiger partial charge in [0.1, 0.15) is 5.75 Å². The molecule has 0 fully saturated rings. The van der Waals surface area contributed by atoms with Crippen LogP contribution < -0.4 is 4.74 Å². The Kier molecular flexibility index (Phi) is 9.67. The van der Waals surface area contributed by atoms with Crippen molar-refractivity contribution in [2.24, 2.45) is 5.92 Å². The highest BCUT2D eigenvalue weighted by atomic mass is 16.5. The van der Waals surface area contributed by atoms with Crippen molar-refractivity contribution in [3.63, 3.8) is 0 Å². The number of carboxylic acid groups (broad SMARTS) is 1. The molecule has 6 nitrogen and oxygen atoms in total. The Morgan fingerprint density at radius 1 is 1.24 bits per heavy atom. The molecule has 29 heavy (non-hydrogen) atoms. The van der Waals surface area contributed by atoms with Crippen molar-refractivity contribution in [1.29, 1.82) is 5.26 Å². The molecule has 0 saturated carbocycles. The molecule has 1 aromatic carbocycles. The Balaban J connectivity index is 3.51. The van der Waals surface area contributed by atoms with Gasteiger partial charge < -0.3 is 14.6 Å². The van der Waals surface area contributed by atoms with Crippen LogP contribution in [0.25, 0.3) is 0 Å². The Bertz CT molecular complexity index is 752. The van der Waals surface area contributed by atoms with Gasteiger partial charge in [-0.3, -0.25) is 9.59 Å². The van der Waals surface area contributed by atoms with E-state index in [1.54, 1.807) is 7.11 Å². The number of hydrogen-bond donors (Lipinski definition) is 1. The minimum atomic E-state index is -1.12. The number of carboxylic acids is 1. The van der Waals surface area contributed by atoms with Gasteiger partial charge >= 0.3 is 11.9 Å². The maximum atomic E-state index is 12.7. The summed E-state index contributed by atoms with van der Waals surface area (Å²) in [6.45, 7) is 8.02. The first kappa shape index (κ1) is 24.5. The van der Waals surface area contributed by atoms with E-state index in [1.807, 2.05) is 39.8 Å². The summed E-state index contributed by atoms with van der Waals surface area (Å²) in [5.74, 6) is -1.11. The monoisotopic (exact) mass is 403 g/mol. The summed E-state index contributed by atoms with van der Waals surface area (Å²) < 4.78 is 10.8. The van der Waals surface area contributed by atoms with Crippen molar-refractivity contribution in [3.8, 4) is 11.8 Å². The third-order valence-corrected chi connectivity index (χ3v) is 5.32. The van der Waals surface area contributed by atoms with Crippen molar-refractivity contribution in [2.45, 2.75) is 71.6 Å². The number of carbonyl (C=O) groups is 2. The van der Waals surface area contributed by atoms with Gasteiger partial charge in [-0.25, -0.2) is 0 Å². The molecule has 6 heteroatoms. The summed E-state index contributed by atoms with van der Waals surface area (Å²) in [6.07, 6.45) is 2.26. The van der Waals surface area contributed by atoms with Crippen LogP contribution in [0, 0.1) is 31.1 Å². The number of aliphatic carboxylic acids is 1. The van der Waals surface area contributed by atoms with Gasteiger partial charge in [-0.2, -0.15) is 5.26 Å². The van der Waals surface area contributed by atoms with Crippen molar-refractivity contribution >= 4 is 11.9 Å². The molecular formula is C23H33NO5. The third kappa shape index (κ3) is 6.22. The average molecular weight is 404 g/mol. The van der Waals surface area contributed by atoms with E-state index in [0.29, 0.717) is 18.8 Å². The fraction of sp³-hybridized carbons (Fsp3) is 0.609. The van der Waals surface area contributed by atoms with Gasteiger partial charge in [0.2, 0.25) is 0 Å². The second-order valence-electron chi connectivity index (χ2n) is 7.53. The first-order valence-electron chi connectivity index (χ1n) is 10.2. The highest BCUT2D eigenvalue weighted by Gasteiger charge is 2.40. The van der Waals surface area contributed by atoms with Crippen molar-refractivity contribution < 1.29 is 24.2 Å². The molecule has 2 unspecified atom stereocenters. The lowest BCUT2D eigenvalue weighted by atomic mass is 9.68. The second-order valence-corrected chi connectivity index (χ2v) is 7.53. The van der Waals surface area contributed by atoms with E-state index in [0.717, 1.165) is 29.5 Å². The molecule has 0 aliphatic heterocycles. The molecule has 1 aromatic rings. The Labute approximate surface area is 173 Å². The molecule has 0 radical (unpaired) electrons. The lowest BCUT2D eigenvalue weighted by molar-refractivity contribution is -0.149. The van der Waals surface area contributed by atoms with Gasteiger partial charge in [0.05, 0.1) is 31.1 Å². The summed E-state index contributed by atoms with van der Waals surface area (Å²) in [7, 11) is 1.56. The molecule has 0 aromatic heterocycles. The van der Waals surface area contributed by atoms with E-state index in [4.69, 9.17) is 9.47 Å². The van der Waals surface area contributed by atoms with Crippen LogP contribution in [-0.2, 0) is 19.7 Å². The molecule has 2 atom stereocenters. The predicted molar refractivity (Wildman–Crippen MR) is 111 cm³/mol. The smallest absolute Gasteiger partial charge is 0.308 e. The van der Waals surface area contributed by atoms with E-state index in [2.05, 4.69) is 6.07 Å². The summed E-state index contributed by atoms with van der Waals surface area (Å²) in [5.41, 5.74) is 1.32. The molecular weight excluding hydrogens is 370 g/mol. The van der Waals surface area contributed by atoms with Crippen molar-refractivity contribution in [3.05, 3.63) is 28.8 Å². The highest BCUT2D eigenvalue weighted by Crippen LogP contribution is 2.42. The van der Waals surface area contributed by atoms with E-state index >= 15 is 0 Å². The van der Waals surface area contributed by atoms with Gasteiger partial charge in [-0.1, -0.05) is 26.3 Å². The van der Waals surface area contributed by atoms with Gasteiger partial charge in [-0.15, -0.1) is 0 Å². The lowest BCUT2D eigenvalue weighted by Gasteiger charge is -2.33. The normalized spacial score (nSPS) is 13.8. The van der Waals surface area contributed by atoms with Crippen LogP contribution in [-0.4, -0.2) is 30.8 Å². The Morgan fingerprint density at radius 2 is 1.93 bits per heavy atom. The molecule has 1 N–H and O–H groups in total. The number of ether oxygens (including phenoxy) is 2. The number of aryl methyl sites for hydroxylation is 1. The number of esters is 1. The third-order valence-electron chi connectivity index (χ3n) is 5.32. The number of methoxy groups -OCH3 is 1. The van der Waals surface area contributed by atoms with Gasteiger partial charge in [0.25, 0.3) is 0 Å². The molecule has 0 saturated heterocycles. The Morgan fingerprint density at radius 3 is 2.45 bits per heavy atom. The summed E-state index contributed by atoms with van der Waals surface area (Å²) in [4.78, 5) is 24.0. The fourth-order valence-electron chi connectivity index (χ4n) is 3.99. The molecule has 0 spiro atoms. The van der Waals surface area contributed by atoms with Gasteiger partial charge in [0.15, 0.2) is 0 Å². The number of rotatable bonds is 12. The van der Waals surface area contributed by atoms with E-state index in [-0.39, 0.29) is 25.2 Å². The molecule has 0 aliphatic rings. The summed E-state index contributed by atoms with van der Waals surface area (Å²) >= 11 is 0. The van der Waals surface area contributed by atoms with Crippen LogP contribution in [0.1, 0.15) is 69.1 Å². The second kappa shape index (κ2) is 11.5. The van der Waals surface area contributed by atoms with Crippen LogP contribution >= 0.6 is 0 Å². The van der Waals surface area contributed by atoms with E-state index < -0.39 is 17.3 Å². The molecule has 1 rings (SSSR count). The minimum Gasteiger partial charge on any atom is -0.496 e. The van der Waals surface area contributed by atoms with Gasteiger partial charge in [-0.05, 0) is 62.3 Å². The quantitative estimate of drug-likeness (QED) is 0.508. The highest BCUT2D eigenvalue weighted by molar-refractivity contribution is 5.73. The maximum absolute atomic E-state index is 12.7. The maximum Gasteiger partial charge on any atom is 0.308 e. The molecule has 160 valence electrons. The zero-order chi connectivity index (χ0) is 22.0. The number of nitriles is 1. The largest absolute Gasteiger partial charge is 0.496 e. The molecule has 0 amide bonds. The number of nitrogens with zero attached hydrogens (tertiary/aromatic N) is 1. The SMILES string of the molecule is CCCOC(=O)C(CCC)CC(C#N)(CCC(=O)O)c1c(C)ccc(OC)c1C. The minimum absolute atomic E-state index is 0.120. The van der Waals surface area contributed by atoms with Crippen molar-refractivity contribution in [2.75, 3.05) is 13.7 Å². The topological polar surface area (TPSA) is 96.6 Å². The van der Waals surface area contributed by atoms with E-state index in [9.17, 15) is 20.0 Å². The zero-order valence-corrected chi connectivity index (χ0v) is 18.2. The van der Waals surface area contributed by atoms with Crippen LogP contribution in [0.5, 0.6) is 5.75 Å². The number of benzene rings is 1. The van der Waals surface area contributed by atoms with Crippen LogP contribution in [0.15, 0.2) is 12.1 Å². The Hall–Kier alpha value is -2.55. The molecule has 0 aliphatic carbocycles. The van der Waals surface area contributed by atoms with E-state index in [1.165, 1.54) is 0 Å². The fourth-order valence-corrected chi connectivity index (χ4v) is 3.99. The first-order valence-corrected chi connectivity index (χ1v) is 10.2. The predicted octanol–water partition coefficient (Wildman–Crippen LogP) is 4.70. The molecule has 0 heterocycles. The average Bonchev–Trinajstić information content (AvgIpc) is 2.69.